The Balaban J connectivity index is 1.50. The zero-order valence-corrected chi connectivity index (χ0v) is 13.7. The predicted octanol–water partition coefficient (Wildman–Crippen LogP) is 2.94. The van der Waals surface area contributed by atoms with Crippen LogP contribution in [0.15, 0.2) is 0 Å². The van der Waals surface area contributed by atoms with E-state index in [1.165, 1.54) is 77.4 Å². The van der Waals surface area contributed by atoms with E-state index in [1.54, 1.807) is 0 Å². The van der Waals surface area contributed by atoms with Crippen molar-refractivity contribution in [3.63, 3.8) is 0 Å². The zero-order valence-electron chi connectivity index (χ0n) is 13.7. The van der Waals surface area contributed by atoms with Gasteiger partial charge in [-0.3, -0.25) is 4.90 Å². The molecule has 0 aromatic rings. The summed E-state index contributed by atoms with van der Waals surface area (Å²) in [6, 6.07) is 0. The average Bonchev–Trinajstić information content (AvgIpc) is 3.24. The number of hydrogen-bond acceptors (Lipinski definition) is 3. The number of rotatable bonds is 3. The van der Waals surface area contributed by atoms with Crippen LogP contribution in [-0.4, -0.2) is 48.3 Å². The van der Waals surface area contributed by atoms with Crippen molar-refractivity contribution in [2.75, 3.05) is 26.2 Å². The molecule has 1 N–H and O–H groups in total. The first-order valence-corrected chi connectivity index (χ1v) is 9.32. The van der Waals surface area contributed by atoms with Gasteiger partial charge in [0.05, 0.1) is 6.10 Å². The molecule has 4 fully saturated rings. The van der Waals surface area contributed by atoms with E-state index in [0.717, 1.165) is 12.5 Å². The summed E-state index contributed by atoms with van der Waals surface area (Å²) >= 11 is 0. The first kappa shape index (κ1) is 14.5. The first-order valence-electron chi connectivity index (χ1n) is 9.32. The Bertz CT molecular complexity index is 369. The Morgan fingerprint density at radius 1 is 1.10 bits per heavy atom. The predicted molar refractivity (Wildman–Crippen MR) is 85.5 cm³/mol. The summed E-state index contributed by atoms with van der Waals surface area (Å²) in [5.74, 6) is 0.923. The second-order valence-electron chi connectivity index (χ2n) is 8.34. The van der Waals surface area contributed by atoms with Crippen LogP contribution in [0.3, 0.4) is 0 Å². The van der Waals surface area contributed by atoms with Crippen molar-refractivity contribution in [3.8, 4) is 0 Å². The molecule has 3 nitrogen and oxygen atoms in total. The summed E-state index contributed by atoms with van der Waals surface area (Å²) in [5.41, 5.74) is 0.805. The van der Waals surface area contributed by atoms with E-state index in [0.29, 0.717) is 17.2 Å². The van der Waals surface area contributed by atoms with E-state index in [-0.39, 0.29) is 0 Å². The molecule has 0 radical (unpaired) electrons. The molecule has 2 heterocycles. The number of nitrogens with zero attached hydrogens (tertiary/aromatic N) is 1. The Morgan fingerprint density at radius 3 is 2.57 bits per heavy atom. The van der Waals surface area contributed by atoms with E-state index >= 15 is 0 Å². The molecule has 2 atom stereocenters. The molecular weight excluding hydrogens is 260 g/mol. The van der Waals surface area contributed by atoms with E-state index in [2.05, 4.69) is 17.1 Å². The highest BCUT2D eigenvalue weighted by Gasteiger charge is 2.52. The normalized spacial score (nSPS) is 40.7. The molecular formula is C18H32N2O. The van der Waals surface area contributed by atoms with Crippen LogP contribution < -0.4 is 5.32 Å². The lowest BCUT2D eigenvalue weighted by Gasteiger charge is -2.55. The summed E-state index contributed by atoms with van der Waals surface area (Å²) in [5, 5.41) is 4.02. The minimum atomic E-state index is 0.384. The van der Waals surface area contributed by atoms with Crippen molar-refractivity contribution in [3.05, 3.63) is 0 Å². The van der Waals surface area contributed by atoms with Gasteiger partial charge in [-0.1, -0.05) is 19.3 Å². The molecule has 0 bridgehead atoms. The van der Waals surface area contributed by atoms with Gasteiger partial charge in [-0.25, -0.2) is 0 Å². The summed E-state index contributed by atoms with van der Waals surface area (Å²) in [4.78, 5) is 2.85. The molecule has 2 saturated heterocycles. The maximum absolute atomic E-state index is 5.96. The highest BCUT2D eigenvalue weighted by molar-refractivity contribution is 5.10. The Labute approximate surface area is 129 Å². The third-order valence-electron chi connectivity index (χ3n) is 6.75. The van der Waals surface area contributed by atoms with Crippen molar-refractivity contribution < 1.29 is 4.74 Å². The summed E-state index contributed by atoms with van der Waals surface area (Å²) in [6.07, 6.45) is 13.0. The lowest BCUT2D eigenvalue weighted by Crippen LogP contribution is -2.71. The van der Waals surface area contributed by atoms with E-state index < -0.39 is 0 Å². The fourth-order valence-corrected chi connectivity index (χ4v) is 5.06. The molecule has 2 saturated carbocycles. The van der Waals surface area contributed by atoms with Crippen LogP contribution in [0.25, 0.3) is 0 Å². The van der Waals surface area contributed by atoms with Crippen molar-refractivity contribution in [1.29, 1.82) is 0 Å². The molecule has 0 aromatic carbocycles. The molecule has 4 rings (SSSR count). The first-order chi connectivity index (χ1) is 10.2. The van der Waals surface area contributed by atoms with E-state index in [9.17, 15) is 0 Å². The summed E-state index contributed by atoms with van der Waals surface area (Å²) in [6.45, 7) is 7.14. The number of nitrogens with one attached hydrogen (secondary N) is 1. The second-order valence-corrected chi connectivity index (χ2v) is 8.34. The maximum atomic E-state index is 5.96. The Morgan fingerprint density at radius 2 is 1.90 bits per heavy atom. The van der Waals surface area contributed by atoms with Gasteiger partial charge < -0.3 is 10.1 Å². The number of ether oxygens (including phenoxy) is 1. The topological polar surface area (TPSA) is 24.5 Å². The fourth-order valence-electron chi connectivity index (χ4n) is 5.06. The fraction of sp³-hybridized carbons (Fsp3) is 1.00. The van der Waals surface area contributed by atoms with Crippen molar-refractivity contribution in [2.24, 2.45) is 5.92 Å². The SMILES string of the molecule is CC1(C2CC2)CNC2(CCCCC2)CN1CC1CCCO1. The molecule has 21 heavy (non-hydrogen) atoms. The highest BCUT2D eigenvalue weighted by atomic mass is 16.5. The van der Waals surface area contributed by atoms with Gasteiger partial charge in [-0.15, -0.1) is 0 Å². The van der Waals surface area contributed by atoms with Gasteiger partial charge in [-0.2, -0.15) is 0 Å². The van der Waals surface area contributed by atoms with Crippen LogP contribution in [0.1, 0.15) is 64.7 Å². The van der Waals surface area contributed by atoms with Gasteiger partial charge in [0, 0.05) is 37.3 Å². The molecule has 1 spiro atoms. The molecule has 3 heteroatoms. The molecule has 0 amide bonds. The Hall–Kier alpha value is -0.120. The number of hydrogen-bond donors (Lipinski definition) is 1. The van der Waals surface area contributed by atoms with Gasteiger partial charge in [0.15, 0.2) is 0 Å². The van der Waals surface area contributed by atoms with Gasteiger partial charge in [-0.05, 0) is 51.4 Å². The quantitative estimate of drug-likeness (QED) is 0.865. The Kier molecular flexibility index (Phi) is 3.79. The summed E-state index contributed by atoms with van der Waals surface area (Å²) in [7, 11) is 0. The van der Waals surface area contributed by atoms with E-state index in [4.69, 9.17) is 4.74 Å². The van der Waals surface area contributed by atoms with Crippen LogP contribution in [0, 0.1) is 5.92 Å². The summed E-state index contributed by atoms with van der Waals surface area (Å²) < 4.78 is 5.96. The van der Waals surface area contributed by atoms with Crippen molar-refractivity contribution >= 4 is 0 Å². The average molecular weight is 292 g/mol. The zero-order chi connectivity index (χ0) is 14.3. The van der Waals surface area contributed by atoms with Gasteiger partial charge in [0.25, 0.3) is 0 Å². The maximum Gasteiger partial charge on any atom is 0.0703 e. The van der Waals surface area contributed by atoms with Crippen LogP contribution in [0.5, 0.6) is 0 Å². The monoisotopic (exact) mass is 292 g/mol. The van der Waals surface area contributed by atoms with Crippen LogP contribution in [0.4, 0.5) is 0 Å². The van der Waals surface area contributed by atoms with Crippen LogP contribution >= 0.6 is 0 Å². The molecule has 0 aromatic heterocycles. The molecule has 2 aliphatic carbocycles. The lowest BCUT2D eigenvalue weighted by molar-refractivity contribution is -0.0409. The largest absolute Gasteiger partial charge is 0.377 e. The minimum Gasteiger partial charge on any atom is -0.377 e. The van der Waals surface area contributed by atoms with Crippen LogP contribution in [0.2, 0.25) is 0 Å². The van der Waals surface area contributed by atoms with Gasteiger partial charge in [0.2, 0.25) is 0 Å². The van der Waals surface area contributed by atoms with Gasteiger partial charge in [0.1, 0.15) is 0 Å². The highest BCUT2D eigenvalue weighted by Crippen LogP contribution is 2.46. The standard InChI is InChI=1S/C18H32N2O/c1-17(15-7-8-15)13-19-18(9-3-2-4-10-18)14-20(17)12-16-6-5-11-21-16/h15-16,19H,2-14H2,1H3. The lowest BCUT2D eigenvalue weighted by atomic mass is 9.76. The van der Waals surface area contributed by atoms with Gasteiger partial charge >= 0.3 is 0 Å². The third kappa shape index (κ3) is 2.77. The third-order valence-corrected chi connectivity index (χ3v) is 6.75. The van der Waals surface area contributed by atoms with Crippen molar-refractivity contribution in [2.45, 2.75) is 81.9 Å². The smallest absolute Gasteiger partial charge is 0.0703 e. The number of piperazine rings is 1. The van der Waals surface area contributed by atoms with Crippen LogP contribution in [-0.2, 0) is 4.74 Å². The molecule has 4 aliphatic rings. The van der Waals surface area contributed by atoms with Crippen molar-refractivity contribution in [1.82, 2.24) is 10.2 Å². The molecule has 2 unspecified atom stereocenters. The molecule has 120 valence electrons. The minimum absolute atomic E-state index is 0.384. The molecule has 2 aliphatic heterocycles. The second kappa shape index (κ2) is 5.50. The van der Waals surface area contributed by atoms with E-state index in [1.807, 2.05) is 0 Å².